The first-order valence-corrected chi connectivity index (χ1v) is 7.14. The monoisotopic (exact) mass is 294 g/mol. The van der Waals surface area contributed by atoms with Crippen LogP contribution in [0.3, 0.4) is 0 Å². The van der Waals surface area contributed by atoms with Crippen molar-refractivity contribution in [2.75, 3.05) is 33.4 Å². The zero-order valence-corrected chi connectivity index (χ0v) is 12.4. The highest BCUT2D eigenvalue weighted by Crippen LogP contribution is 2.33. The molecule has 5 heteroatoms. The van der Waals surface area contributed by atoms with Crippen LogP contribution in [0.1, 0.15) is 17.5 Å². The quantitative estimate of drug-likeness (QED) is 0.775. The fourth-order valence-electron chi connectivity index (χ4n) is 2.40. The van der Waals surface area contributed by atoms with E-state index < -0.39 is 0 Å². The molecule has 1 aliphatic heterocycles. The lowest BCUT2D eigenvalue weighted by Gasteiger charge is -2.22. The number of nitrogens with zero attached hydrogens (tertiary/aromatic N) is 2. The summed E-state index contributed by atoms with van der Waals surface area (Å²) in [7, 11) is 1.68. The third-order valence-electron chi connectivity index (χ3n) is 3.37. The molecule has 0 N–H and O–H groups in total. The van der Waals surface area contributed by atoms with E-state index in [1.165, 1.54) is 5.56 Å². The van der Waals surface area contributed by atoms with Gasteiger partial charge in [-0.25, -0.2) is 0 Å². The highest BCUT2D eigenvalue weighted by molar-refractivity contribution is 6.30. The minimum Gasteiger partial charge on any atom is -0.493 e. The van der Waals surface area contributed by atoms with Crippen molar-refractivity contribution in [3.63, 3.8) is 0 Å². The van der Waals surface area contributed by atoms with Crippen molar-refractivity contribution in [2.24, 2.45) is 0 Å². The van der Waals surface area contributed by atoms with E-state index in [1.54, 1.807) is 7.11 Å². The second-order valence-corrected chi connectivity index (χ2v) is 5.27. The van der Waals surface area contributed by atoms with Gasteiger partial charge in [-0.2, -0.15) is 5.26 Å². The molecule has 20 heavy (non-hydrogen) atoms. The normalized spacial score (nSPS) is 13.1. The molecule has 1 heterocycles. The molecule has 108 valence electrons. The van der Waals surface area contributed by atoms with Gasteiger partial charge >= 0.3 is 0 Å². The van der Waals surface area contributed by atoms with Gasteiger partial charge in [0.25, 0.3) is 0 Å². The molecule has 4 nitrogen and oxygen atoms in total. The van der Waals surface area contributed by atoms with Gasteiger partial charge in [-0.15, -0.1) is 0 Å². The summed E-state index contributed by atoms with van der Waals surface area (Å²) >= 11 is 6.17. The van der Waals surface area contributed by atoms with Crippen molar-refractivity contribution in [2.45, 2.75) is 19.4 Å². The molecule has 0 spiro atoms. The fourth-order valence-corrected chi connectivity index (χ4v) is 2.67. The van der Waals surface area contributed by atoms with Crippen LogP contribution in [0.5, 0.6) is 5.75 Å². The summed E-state index contributed by atoms with van der Waals surface area (Å²) in [6, 6.07) is 6.11. The average Bonchev–Trinajstić information content (AvgIpc) is 2.89. The average molecular weight is 295 g/mol. The molecule has 0 unspecified atom stereocenters. The van der Waals surface area contributed by atoms with Crippen LogP contribution in [0.4, 0.5) is 0 Å². The molecule has 0 amide bonds. The van der Waals surface area contributed by atoms with Gasteiger partial charge in [-0.3, -0.25) is 4.90 Å². The van der Waals surface area contributed by atoms with Crippen molar-refractivity contribution in [3.8, 4) is 11.8 Å². The van der Waals surface area contributed by atoms with Crippen molar-refractivity contribution in [3.05, 3.63) is 28.3 Å². The van der Waals surface area contributed by atoms with Gasteiger partial charge in [0.2, 0.25) is 0 Å². The molecule has 1 aliphatic rings. The fraction of sp³-hybridized carbons (Fsp3) is 0.533. The molecule has 0 aromatic heterocycles. The molecule has 0 radical (unpaired) electrons. The Balaban J connectivity index is 2.11. The van der Waals surface area contributed by atoms with E-state index in [2.05, 4.69) is 11.0 Å². The Kier molecular flexibility index (Phi) is 5.66. The first-order valence-electron chi connectivity index (χ1n) is 6.77. The van der Waals surface area contributed by atoms with Crippen molar-refractivity contribution < 1.29 is 9.47 Å². The van der Waals surface area contributed by atoms with Gasteiger partial charge in [0.1, 0.15) is 5.75 Å². The Labute approximate surface area is 124 Å². The molecule has 1 aromatic carbocycles. The summed E-state index contributed by atoms with van der Waals surface area (Å²) < 4.78 is 10.8. The Morgan fingerprint density at radius 1 is 1.45 bits per heavy atom. The first kappa shape index (κ1) is 15.1. The maximum Gasteiger partial charge on any atom is 0.127 e. The van der Waals surface area contributed by atoms with E-state index >= 15 is 0 Å². The van der Waals surface area contributed by atoms with Crippen LogP contribution in [0.15, 0.2) is 12.1 Å². The van der Waals surface area contributed by atoms with E-state index in [1.807, 2.05) is 12.1 Å². The third-order valence-corrected chi connectivity index (χ3v) is 3.59. The van der Waals surface area contributed by atoms with E-state index in [9.17, 15) is 0 Å². The molecule has 0 saturated heterocycles. The predicted molar refractivity (Wildman–Crippen MR) is 78.0 cm³/mol. The number of ether oxygens (including phenoxy) is 2. The second kappa shape index (κ2) is 7.49. The van der Waals surface area contributed by atoms with Crippen LogP contribution < -0.4 is 4.74 Å². The highest BCUT2D eigenvalue weighted by Gasteiger charge is 2.19. The van der Waals surface area contributed by atoms with E-state index in [-0.39, 0.29) is 0 Å². The summed E-state index contributed by atoms with van der Waals surface area (Å²) in [4.78, 5) is 2.19. The van der Waals surface area contributed by atoms with Crippen molar-refractivity contribution in [1.29, 1.82) is 5.26 Å². The Hall–Kier alpha value is -1.28. The Bertz CT molecular complexity index is 499. The molecule has 0 fully saturated rings. The predicted octanol–water partition coefficient (Wildman–Crippen LogP) is 2.64. The van der Waals surface area contributed by atoms with E-state index in [0.29, 0.717) is 13.0 Å². The van der Waals surface area contributed by atoms with Crippen LogP contribution in [0.2, 0.25) is 5.02 Å². The molecular weight excluding hydrogens is 276 g/mol. The number of nitriles is 1. The minimum absolute atomic E-state index is 0.507. The summed E-state index contributed by atoms with van der Waals surface area (Å²) in [5, 5.41) is 9.50. The molecule has 1 aromatic rings. The first-order chi connectivity index (χ1) is 9.74. The largest absolute Gasteiger partial charge is 0.493 e. The topological polar surface area (TPSA) is 45.5 Å². The molecule has 2 rings (SSSR count). The minimum atomic E-state index is 0.507. The number of rotatable bonds is 7. The number of methoxy groups -OCH3 is 1. The summed E-state index contributed by atoms with van der Waals surface area (Å²) in [6.45, 7) is 3.61. The molecule has 0 saturated carbocycles. The third kappa shape index (κ3) is 3.86. The lowest BCUT2D eigenvalue weighted by Crippen LogP contribution is -2.28. The standard InChI is InChI=1S/C15H19ClN2O2/c1-19-8-6-18(5-2-4-17)11-13-10-14(16)9-12-3-7-20-15(12)13/h9-10H,2-3,5-8,11H2,1H3. The lowest BCUT2D eigenvalue weighted by molar-refractivity contribution is 0.144. The van der Waals surface area contributed by atoms with Crippen LogP contribution in [0, 0.1) is 11.3 Å². The van der Waals surface area contributed by atoms with Gasteiger partial charge in [0.05, 0.1) is 19.3 Å². The summed E-state index contributed by atoms with van der Waals surface area (Å²) in [6.07, 6.45) is 1.42. The van der Waals surface area contributed by atoms with E-state index in [0.717, 1.165) is 49.0 Å². The van der Waals surface area contributed by atoms with Crippen molar-refractivity contribution in [1.82, 2.24) is 4.90 Å². The van der Waals surface area contributed by atoms with Crippen LogP contribution in [-0.4, -0.2) is 38.3 Å². The highest BCUT2D eigenvalue weighted by atomic mass is 35.5. The van der Waals surface area contributed by atoms with Gasteiger partial charge in [-0.1, -0.05) is 11.6 Å². The number of benzene rings is 1. The smallest absolute Gasteiger partial charge is 0.127 e. The van der Waals surface area contributed by atoms with Crippen LogP contribution >= 0.6 is 11.6 Å². The van der Waals surface area contributed by atoms with Crippen LogP contribution in [0.25, 0.3) is 0 Å². The number of hydrogen-bond donors (Lipinski definition) is 0. The summed E-state index contributed by atoms with van der Waals surface area (Å²) in [5.74, 6) is 0.966. The SMILES string of the molecule is COCCN(CCC#N)Cc1cc(Cl)cc2c1OCC2. The maximum absolute atomic E-state index is 8.75. The van der Waals surface area contributed by atoms with Crippen molar-refractivity contribution >= 4 is 11.6 Å². The van der Waals surface area contributed by atoms with Gasteiger partial charge in [0, 0.05) is 50.2 Å². The zero-order chi connectivity index (χ0) is 14.4. The molecular formula is C15H19ClN2O2. The number of hydrogen-bond acceptors (Lipinski definition) is 4. The second-order valence-electron chi connectivity index (χ2n) is 4.83. The number of fused-ring (bicyclic) bond motifs is 1. The molecule has 0 atom stereocenters. The van der Waals surface area contributed by atoms with E-state index in [4.69, 9.17) is 26.3 Å². The Morgan fingerprint density at radius 2 is 2.30 bits per heavy atom. The van der Waals surface area contributed by atoms with Gasteiger partial charge in [0.15, 0.2) is 0 Å². The van der Waals surface area contributed by atoms with Gasteiger partial charge < -0.3 is 9.47 Å². The number of halogens is 1. The maximum atomic E-state index is 8.75. The molecule has 0 bridgehead atoms. The van der Waals surface area contributed by atoms with Crippen LogP contribution in [-0.2, 0) is 17.7 Å². The Morgan fingerprint density at radius 3 is 3.05 bits per heavy atom. The van der Waals surface area contributed by atoms with Gasteiger partial charge in [-0.05, 0) is 17.7 Å². The molecule has 0 aliphatic carbocycles. The summed E-state index contributed by atoms with van der Waals surface area (Å²) in [5.41, 5.74) is 2.28. The zero-order valence-electron chi connectivity index (χ0n) is 11.7. The lowest BCUT2D eigenvalue weighted by atomic mass is 10.1.